The molecule has 0 saturated heterocycles. The second-order valence-corrected chi connectivity index (χ2v) is 9.45. The summed E-state index contributed by atoms with van der Waals surface area (Å²) >= 11 is 6.18. The van der Waals surface area contributed by atoms with E-state index in [2.05, 4.69) is 9.88 Å². The second kappa shape index (κ2) is 9.75. The Morgan fingerprint density at radius 2 is 1.76 bits per heavy atom. The van der Waals surface area contributed by atoms with Crippen LogP contribution in [0.5, 0.6) is 5.75 Å². The van der Waals surface area contributed by atoms with Gasteiger partial charge in [0.25, 0.3) is 5.91 Å². The van der Waals surface area contributed by atoms with Gasteiger partial charge in [-0.3, -0.25) is 4.79 Å². The number of carbonyl (C=O) groups is 1. The largest absolute Gasteiger partial charge is 0.483 e. The number of nitrogens with one attached hydrogen (secondary N) is 1. The first-order valence-corrected chi connectivity index (χ1v) is 12.6. The van der Waals surface area contributed by atoms with Gasteiger partial charge in [-0.05, 0) is 61.2 Å². The standard InChI is InChI=1S/C29H24ClFN4O2/c30-20-15-13-19(14-16-20)26-22-10-6-7-17-34-25(18-37-24-12-5-4-11-23(24)31)33-35(29(22)34)27(26)28(36)32-21-8-2-1-3-9-21/h1-5,8-9,11-16H,6-7,10,17-18H2,(H,32,36). The molecule has 37 heavy (non-hydrogen) atoms. The molecule has 5 aromatic rings. The van der Waals surface area contributed by atoms with Gasteiger partial charge in [-0.2, -0.15) is 0 Å². The van der Waals surface area contributed by atoms with Crippen LogP contribution in [0.1, 0.15) is 34.7 Å². The zero-order chi connectivity index (χ0) is 25.4. The lowest BCUT2D eigenvalue weighted by molar-refractivity contribution is 0.102. The first-order valence-electron chi connectivity index (χ1n) is 12.2. The number of para-hydroxylation sites is 2. The molecule has 0 atom stereocenters. The Kier molecular flexibility index (Phi) is 6.14. The number of hydrogen-bond acceptors (Lipinski definition) is 3. The molecule has 0 aliphatic carbocycles. The van der Waals surface area contributed by atoms with Crippen LogP contribution in [0, 0.1) is 5.82 Å². The lowest BCUT2D eigenvalue weighted by Crippen LogP contribution is -2.16. The van der Waals surface area contributed by atoms with E-state index in [-0.39, 0.29) is 18.3 Å². The molecule has 0 saturated carbocycles. The second-order valence-electron chi connectivity index (χ2n) is 9.01. The average molecular weight is 515 g/mol. The fourth-order valence-corrected chi connectivity index (χ4v) is 5.09. The Morgan fingerprint density at radius 1 is 1.00 bits per heavy atom. The van der Waals surface area contributed by atoms with Gasteiger partial charge in [-0.1, -0.05) is 54.1 Å². The fourth-order valence-electron chi connectivity index (χ4n) is 4.96. The molecule has 0 fully saturated rings. The van der Waals surface area contributed by atoms with Crippen LogP contribution in [-0.2, 0) is 19.6 Å². The van der Waals surface area contributed by atoms with E-state index < -0.39 is 5.82 Å². The van der Waals surface area contributed by atoms with E-state index in [9.17, 15) is 9.18 Å². The van der Waals surface area contributed by atoms with Crippen molar-refractivity contribution in [2.45, 2.75) is 32.4 Å². The summed E-state index contributed by atoms with van der Waals surface area (Å²) < 4.78 is 23.8. The summed E-state index contributed by atoms with van der Waals surface area (Å²) in [6.45, 7) is 0.814. The third kappa shape index (κ3) is 4.36. The number of aryl methyl sites for hydroxylation is 2. The Morgan fingerprint density at radius 3 is 2.54 bits per heavy atom. The van der Waals surface area contributed by atoms with Crippen molar-refractivity contribution in [3.8, 4) is 16.9 Å². The minimum atomic E-state index is -0.426. The number of rotatable bonds is 6. The van der Waals surface area contributed by atoms with Gasteiger partial charge in [-0.15, -0.1) is 5.10 Å². The molecular formula is C29H24ClFN4O2. The molecule has 6 rings (SSSR count). The number of benzene rings is 3. The van der Waals surface area contributed by atoms with Gasteiger partial charge in [0.15, 0.2) is 17.4 Å². The number of anilines is 1. The highest BCUT2D eigenvalue weighted by Crippen LogP contribution is 2.37. The van der Waals surface area contributed by atoms with Gasteiger partial charge in [0.05, 0.1) is 0 Å². The number of amides is 1. The van der Waals surface area contributed by atoms with E-state index in [1.54, 1.807) is 22.7 Å². The highest BCUT2D eigenvalue weighted by molar-refractivity contribution is 6.30. The summed E-state index contributed by atoms with van der Waals surface area (Å²) in [5, 5.41) is 8.49. The molecule has 0 spiro atoms. The van der Waals surface area contributed by atoms with Crippen molar-refractivity contribution >= 4 is 28.8 Å². The minimum Gasteiger partial charge on any atom is -0.483 e. The fraction of sp³-hybridized carbons (Fsp3) is 0.172. The molecule has 1 N–H and O–H groups in total. The quantitative estimate of drug-likeness (QED) is 0.272. The summed E-state index contributed by atoms with van der Waals surface area (Å²) in [7, 11) is 0. The van der Waals surface area contributed by atoms with Crippen LogP contribution in [0.4, 0.5) is 10.1 Å². The van der Waals surface area contributed by atoms with Gasteiger partial charge < -0.3 is 14.6 Å². The van der Waals surface area contributed by atoms with Crippen LogP contribution >= 0.6 is 11.6 Å². The minimum absolute atomic E-state index is 0.0814. The van der Waals surface area contributed by atoms with Crippen molar-refractivity contribution in [1.29, 1.82) is 0 Å². The third-order valence-corrected chi connectivity index (χ3v) is 6.89. The van der Waals surface area contributed by atoms with Crippen LogP contribution in [-0.4, -0.2) is 20.1 Å². The van der Waals surface area contributed by atoms with Crippen molar-refractivity contribution in [3.05, 3.63) is 107 Å². The van der Waals surface area contributed by atoms with Crippen LogP contribution in [0.25, 0.3) is 16.8 Å². The summed E-state index contributed by atoms with van der Waals surface area (Å²) in [6, 6.07) is 23.2. The van der Waals surface area contributed by atoms with Crippen molar-refractivity contribution in [3.63, 3.8) is 0 Å². The monoisotopic (exact) mass is 514 g/mol. The predicted octanol–water partition coefficient (Wildman–Crippen LogP) is 6.76. The Balaban J connectivity index is 1.50. The van der Waals surface area contributed by atoms with Crippen molar-refractivity contribution in [2.75, 3.05) is 5.32 Å². The SMILES string of the molecule is O=C(Nc1ccccc1)c1c(-c2ccc(Cl)cc2)c2c3n(c(COc4ccccc4F)nn13)CCCC2. The molecule has 6 nitrogen and oxygen atoms in total. The molecule has 186 valence electrons. The number of carbonyl (C=O) groups excluding carboxylic acids is 1. The van der Waals surface area contributed by atoms with Crippen LogP contribution in [0.2, 0.25) is 5.02 Å². The first-order chi connectivity index (χ1) is 18.1. The topological polar surface area (TPSA) is 60.6 Å². The van der Waals surface area contributed by atoms with Gasteiger partial charge in [0.2, 0.25) is 0 Å². The maximum Gasteiger partial charge on any atom is 0.275 e. The number of aromatic nitrogens is 3. The zero-order valence-electron chi connectivity index (χ0n) is 20.0. The maximum atomic E-state index is 14.2. The van der Waals surface area contributed by atoms with E-state index in [1.807, 2.05) is 54.6 Å². The molecule has 1 amide bonds. The molecule has 0 bridgehead atoms. The molecule has 3 heterocycles. The zero-order valence-corrected chi connectivity index (χ0v) is 20.7. The molecule has 8 heteroatoms. The molecule has 3 aromatic carbocycles. The van der Waals surface area contributed by atoms with Gasteiger partial charge in [-0.25, -0.2) is 8.91 Å². The average Bonchev–Trinajstić information content (AvgIpc) is 3.31. The van der Waals surface area contributed by atoms with Gasteiger partial charge >= 0.3 is 0 Å². The highest BCUT2D eigenvalue weighted by Gasteiger charge is 2.30. The van der Waals surface area contributed by atoms with E-state index in [1.165, 1.54) is 6.07 Å². The molecule has 1 aliphatic rings. The van der Waals surface area contributed by atoms with E-state index in [4.69, 9.17) is 21.4 Å². The van der Waals surface area contributed by atoms with Gasteiger partial charge in [0, 0.05) is 28.4 Å². The predicted molar refractivity (Wildman–Crippen MR) is 142 cm³/mol. The smallest absolute Gasteiger partial charge is 0.275 e. The van der Waals surface area contributed by atoms with E-state index in [0.29, 0.717) is 22.2 Å². The highest BCUT2D eigenvalue weighted by atomic mass is 35.5. The first kappa shape index (κ1) is 23.3. The lowest BCUT2D eigenvalue weighted by atomic mass is 9.98. The molecule has 1 aliphatic heterocycles. The molecule has 0 unspecified atom stereocenters. The van der Waals surface area contributed by atoms with Crippen molar-refractivity contribution in [1.82, 2.24) is 14.2 Å². The normalized spacial score (nSPS) is 12.9. The number of ether oxygens (including phenoxy) is 1. The maximum absolute atomic E-state index is 14.2. The molecule has 0 radical (unpaired) electrons. The van der Waals surface area contributed by atoms with E-state index in [0.717, 1.165) is 48.1 Å². The Labute approximate surface area is 218 Å². The summed E-state index contributed by atoms with van der Waals surface area (Å²) in [5.41, 5.74) is 4.82. The van der Waals surface area contributed by atoms with Gasteiger partial charge in [0.1, 0.15) is 17.9 Å². The van der Waals surface area contributed by atoms with Crippen LogP contribution < -0.4 is 10.1 Å². The Bertz CT molecular complexity index is 1590. The number of halogens is 2. The lowest BCUT2D eigenvalue weighted by Gasteiger charge is -2.10. The number of hydrogen-bond donors (Lipinski definition) is 1. The van der Waals surface area contributed by atoms with Crippen molar-refractivity contribution in [2.24, 2.45) is 0 Å². The summed E-state index contributed by atoms with van der Waals surface area (Å²) in [6.07, 6.45) is 2.73. The van der Waals surface area contributed by atoms with E-state index >= 15 is 0 Å². The summed E-state index contributed by atoms with van der Waals surface area (Å²) in [4.78, 5) is 13.8. The van der Waals surface area contributed by atoms with Crippen LogP contribution in [0.15, 0.2) is 78.9 Å². The summed E-state index contributed by atoms with van der Waals surface area (Å²) in [5.74, 6) is 0.118. The Hall–Kier alpha value is -4.10. The van der Waals surface area contributed by atoms with Crippen molar-refractivity contribution < 1.29 is 13.9 Å². The molecule has 2 aromatic heterocycles. The molecular weight excluding hydrogens is 491 g/mol. The van der Waals surface area contributed by atoms with Crippen LogP contribution in [0.3, 0.4) is 0 Å². The number of nitrogens with zero attached hydrogens (tertiary/aromatic N) is 3. The third-order valence-electron chi connectivity index (χ3n) is 6.64.